The zero-order valence-electron chi connectivity index (χ0n) is 29.0. The van der Waals surface area contributed by atoms with E-state index in [2.05, 4.69) is 42.2 Å². The van der Waals surface area contributed by atoms with Crippen LogP contribution in [0, 0.1) is 6.92 Å². The molecule has 3 aliphatic heterocycles. The Labute approximate surface area is 322 Å². The van der Waals surface area contributed by atoms with Gasteiger partial charge in [-0.1, -0.05) is 24.7 Å². The molecule has 7 heterocycles. The summed E-state index contributed by atoms with van der Waals surface area (Å²) in [6.45, 7) is -8.06. The third kappa shape index (κ3) is 8.03. The lowest BCUT2D eigenvalue weighted by Crippen LogP contribution is -2.39. The molecule has 4 aliphatic rings. The van der Waals surface area contributed by atoms with Crippen LogP contribution in [0.15, 0.2) is 37.5 Å². The molecule has 3 fully saturated rings. The van der Waals surface area contributed by atoms with Crippen molar-refractivity contribution in [3.05, 3.63) is 43.2 Å². The molecule has 3 unspecified atom stereocenters. The molecule has 55 heavy (non-hydrogen) atoms. The van der Waals surface area contributed by atoms with E-state index in [-0.39, 0.29) is 17.0 Å². The molecular formula is C30H37N9O12P2S2. The molecule has 2 bridgehead atoms. The maximum absolute atomic E-state index is 14.0. The number of aryl methyl sites for hydroxylation is 1. The monoisotopic (exact) mass is 841 g/mol. The Morgan fingerprint density at radius 3 is 2.45 bits per heavy atom. The lowest BCUT2D eigenvalue weighted by Gasteiger charge is -2.28. The summed E-state index contributed by atoms with van der Waals surface area (Å²) in [5.41, 5.74) is 7.78. The van der Waals surface area contributed by atoms with Crippen molar-refractivity contribution in [1.82, 2.24) is 39.0 Å². The van der Waals surface area contributed by atoms with Crippen LogP contribution >= 0.6 is 25.8 Å². The zero-order valence-corrected chi connectivity index (χ0v) is 32.5. The van der Waals surface area contributed by atoms with Crippen LogP contribution in [-0.4, -0.2) is 111 Å². The molecule has 0 radical (unpaired) electrons. The number of fused-ring (bicyclic) bond motifs is 5. The number of carbonyl (C=O) groups is 1. The smallest absolute Gasteiger partial charge is 0.427 e. The van der Waals surface area contributed by atoms with Gasteiger partial charge in [-0.2, -0.15) is 0 Å². The molecule has 0 spiro atoms. The molecule has 8 rings (SSSR count). The molecule has 4 aromatic rings. The van der Waals surface area contributed by atoms with E-state index in [4.69, 9.17) is 54.6 Å². The first-order valence-electron chi connectivity index (χ1n) is 17.3. The van der Waals surface area contributed by atoms with Gasteiger partial charge in [0.1, 0.15) is 60.3 Å². The van der Waals surface area contributed by atoms with Crippen LogP contribution in [0.25, 0.3) is 22.3 Å². The highest BCUT2D eigenvalue weighted by molar-refractivity contribution is 8.44. The largest absolute Gasteiger partial charge is 0.509 e. The number of allylic oxidation sites excluding steroid dienone is 1. The summed E-state index contributed by atoms with van der Waals surface area (Å²) < 4.78 is 64.5. The number of thiol groups is 1. The van der Waals surface area contributed by atoms with Gasteiger partial charge in [0, 0.05) is 0 Å². The van der Waals surface area contributed by atoms with Crippen molar-refractivity contribution < 1.29 is 56.4 Å². The molecule has 25 heteroatoms. The van der Waals surface area contributed by atoms with Crippen molar-refractivity contribution in [2.75, 3.05) is 18.9 Å². The molecule has 0 aromatic carbocycles. The topological polar surface area (TPSA) is 262 Å². The average molecular weight is 842 g/mol. The number of hydrogen-bond acceptors (Lipinski definition) is 19. The molecule has 0 saturated carbocycles. The standard InChI is InChI=1S/C30H37N9O12P2S2/c1-15-19-26(34-11-32-15)38(13-36-19)29-24(49-30(41)46-16-7-5-3-2-4-6-8-16)22-18(48-29)10-45-53(43,55)51-23-21(40)17(9-44-52(42,54)50-22)47-28(23)39-14-37-20-25(31)33-12-35-27(20)39/h5,7,11-14,16-18,21-24,28-29,40H,2-4,6,8-10H2,1H3,(H,42,54)(H,43,55)(H2,31,33,35)/b7-5+/t16?,17-,18-,21-,22-,23-,24-,28-,29-,52?,53?/m1/s1. The summed E-state index contributed by atoms with van der Waals surface area (Å²) in [6.07, 6.45) is 1.08. The van der Waals surface area contributed by atoms with E-state index in [1.165, 1.54) is 34.4 Å². The Bertz CT molecular complexity index is 2200. The number of nitrogens with zero attached hydrogens (tertiary/aromatic N) is 8. The van der Waals surface area contributed by atoms with Crippen molar-refractivity contribution in [3.63, 3.8) is 0 Å². The Morgan fingerprint density at radius 1 is 0.927 bits per heavy atom. The molecule has 4 N–H and O–H groups in total. The number of hydrogen-bond donors (Lipinski definition) is 4. The van der Waals surface area contributed by atoms with Gasteiger partial charge in [-0.25, -0.2) is 39.3 Å². The van der Waals surface area contributed by atoms with E-state index in [0.29, 0.717) is 23.3 Å². The second-order valence-corrected chi connectivity index (χ2v) is 18.9. The molecule has 296 valence electrons. The average Bonchev–Trinajstić information content (AvgIpc) is 3.89. The SMILES string of the molecule is Cc1ncnc2c1ncn2[C@@H]1O[C@@H]2COP(O)(=S)O[C@@H]3[C@H](O)[C@@H](COP(=O)(S)O[C@H]2[C@H]1OC(=O)OC1/C=C/CCCCC1)O[C@H]3n1cnc2c(N)ncnc21. The number of nitrogens with two attached hydrogens (primary N) is 1. The zero-order chi connectivity index (χ0) is 38.5. The van der Waals surface area contributed by atoms with Gasteiger partial charge in [-0.05, 0) is 50.5 Å². The number of aromatic nitrogens is 8. The predicted octanol–water partition coefficient (Wildman–Crippen LogP) is 3.20. The second kappa shape index (κ2) is 15.6. The number of ether oxygens (including phenoxy) is 4. The van der Waals surface area contributed by atoms with Crippen LogP contribution in [0.2, 0.25) is 0 Å². The number of rotatable bonds is 4. The fourth-order valence-corrected chi connectivity index (χ4v) is 9.82. The minimum absolute atomic E-state index is 0.0912. The maximum Gasteiger partial charge on any atom is 0.509 e. The van der Waals surface area contributed by atoms with Crippen molar-refractivity contribution >= 4 is 71.9 Å². The van der Waals surface area contributed by atoms with Gasteiger partial charge < -0.3 is 39.2 Å². The van der Waals surface area contributed by atoms with Crippen molar-refractivity contribution in [2.24, 2.45) is 0 Å². The van der Waals surface area contributed by atoms with Gasteiger partial charge in [-0.3, -0.25) is 22.7 Å². The van der Waals surface area contributed by atoms with Crippen LogP contribution in [0.3, 0.4) is 0 Å². The summed E-state index contributed by atoms with van der Waals surface area (Å²) in [5.74, 6) is 0.0912. The summed E-state index contributed by atoms with van der Waals surface area (Å²) >= 11 is 9.66. The Kier molecular flexibility index (Phi) is 11.0. The highest BCUT2D eigenvalue weighted by atomic mass is 32.7. The van der Waals surface area contributed by atoms with Crippen molar-refractivity contribution in [3.8, 4) is 0 Å². The van der Waals surface area contributed by atoms with E-state index in [0.717, 1.165) is 25.7 Å². The highest BCUT2D eigenvalue weighted by Gasteiger charge is 2.55. The summed E-state index contributed by atoms with van der Waals surface area (Å²) in [5, 5.41) is 11.4. The Hall–Kier alpha value is -3.18. The third-order valence-corrected chi connectivity index (χ3v) is 12.8. The molecule has 21 nitrogen and oxygen atoms in total. The normalized spacial score (nSPS) is 36.5. The third-order valence-electron chi connectivity index (χ3n) is 9.58. The van der Waals surface area contributed by atoms with E-state index in [9.17, 15) is 19.4 Å². The van der Waals surface area contributed by atoms with Gasteiger partial charge in [0.05, 0.1) is 31.6 Å². The van der Waals surface area contributed by atoms with Crippen molar-refractivity contribution in [2.45, 2.75) is 94.2 Å². The molecular weight excluding hydrogens is 804 g/mol. The Balaban J connectivity index is 1.11. The summed E-state index contributed by atoms with van der Waals surface area (Å²) in [4.78, 5) is 50.3. The number of carbonyl (C=O) groups excluding carboxylic acids is 1. The number of nitrogen functional groups attached to an aromatic ring is 1. The first kappa shape index (κ1) is 38.7. The summed E-state index contributed by atoms with van der Waals surface area (Å²) in [6, 6.07) is 0. The van der Waals surface area contributed by atoms with Crippen LogP contribution in [-0.2, 0) is 53.4 Å². The number of aliphatic hydroxyl groups excluding tert-OH is 1. The van der Waals surface area contributed by atoms with Crippen molar-refractivity contribution in [1.29, 1.82) is 0 Å². The molecule has 1 aliphatic carbocycles. The molecule has 4 aromatic heterocycles. The fourth-order valence-electron chi connectivity index (χ4n) is 6.92. The van der Waals surface area contributed by atoms with E-state index in [1.54, 1.807) is 6.92 Å². The van der Waals surface area contributed by atoms with Crippen LogP contribution in [0.1, 0.15) is 50.3 Å². The van der Waals surface area contributed by atoms with E-state index >= 15 is 0 Å². The maximum atomic E-state index is 14.0. The predicted molar refractivity (Wildman–Crippen MR) is 196 cm³/mol. The lowest BCUT2D eigenvalue weighted by atomic mass is 10.0. The first-order chi connectivity index (χ1) is 26.4. The first-order valence-corrected chi connectivity index (χ1v) is 22.6. The minimum Gasteiger partial charge on any atom is -0.427 e. The van der Waals surface area contributed by atoms with Gasteiger partial charge in [0.15, 0.2) is 35.7 Å². The molecule has 11 atom stereocenters. The van der Waals surface area contributed by atoms with E-state index in [1.807, 2.05) is 12.2 Å². The Morgan fingerprint density at radius 2 is 1.64 bits per heavy atom. The van der Waals surface area contributed by atoms with Crippen LogP contribution in [0.5, 0.6) is 0 Å². The lowest BCUT2D eigenvalue weighted by molar-refractivity contribution is -0.0669. The van der Waals surface area contributed by atoms with E-state index < -0.39 is 88.1 Å². The molecule has 3 saturated heterocycles. The van der Waals surface area contributed by atoms with Crippen LogP contribution < -0.4 is 5.73 Å². The van der Waals surface area contributed by atoms with Crippen LogP contribution in [0.4, 0.5) is 10.6 Å². The van der Waals surface area contributed by atoms with Gasteiger partial charge >= 0.3 is 19.7 Å². The minimum atomic E-state index is -4.43. The van der Waals surface area contributed by atoms with Gasteiger partial charge in [0.2, 0.25) is 0 Å². The highest BCUT2D eigenvalue weighted by Crippen LogP contribution is 2.58. The number of anilines is 1. The number of aliphatic hydroxyl groups is 1. The molecule has 0 amide bonds. The quantitative estimate of drug-likeness (QED) is 0.0995. The summed E-state index contributed by atoms with van der Waals surface area (Å²) in [7, 11) is 0. The van der Waals surface area contributed by atoms with Gasteiger partial charge in [0.25, 0.3) is 0 Å². The number of imidazole rings is 2. The fraction of sp³-hybridized carbons (Fsp3) is 0.567. The van der Waals surface area contributed by atoms with Gasteiger partial charge in [-0.15, -0.1) is 0 Å². The second-order valence-electron chi connectivity index (χ2n) is 13.2.